The highest BCUT2D eigenvalue weighted by atomic mass is 16.2. The molecule has 128 valence electrons. The third-order valence-corrected chi connectivity index (χ3v) is 5.94. The van der Waals surface area contributed by atoms with E-state index in [2.05, 4.69) is 36.5 Å². The Morgan fingerprint density at radius 2 is 1.96 bits per heavy atom. The highest BCUT2D eigenvalue weighted by Crippen LogP contribution is 2.48. The Hall–Kier alpha value is -1.84. The molecule has 2 amide bonds. The van der Waals surface area contributed by atoms with E-state index in [4.69, 9.17) is 0 Å². The van der Waals surface area contributed by atoms with E-state index in [9.17, 15) is 9.59 Å². The third-order valence-electron chi connectivity index (χ3n) is 5.94. The fourth-order valence-corrected chi connectivity index (χ4v) is 4.10. The largest absolute Gasteiger partial charge is 0.353 e. The van der Waals surface area contributed by atoms with Gasteiger partial charge < -0.3 is 10.2 Å². The fourth-order valence-electron chi connectivity index (χ4n) is 4.10. The molecule has 1 aromatic rings. The first-order valence-electron chi connectivity index (χ1n) is 9.25. The van der Waals surface area contributed by atoms with Crippen LogP contribution in [0.1, 0.15) is 49.7 Å². The van der Waals surface area contributed by atoms with Gasteiger partial charge in [0.25, 0.3) is 0 Å². The first kappa shape index (κ1) is 15.7. The van der Waals surface area contributed by atoms with Crippen LogP contribution in [0.5, 0.6) is 0 Å². The molecule has 0 spiro atoms. The van der Waals surface area contributed by atoms with Crippen molar-refractivity contribution >= 4 is 11.8 Å². The molecule has 24 heavy (non-hydrogen) atoms. The van der Waals surface area contributed by atoms with Crippen LogP contribution >= 0.6 is 0 Å². The summed E-state index contributed by atoms with van der Waals surface area (Å²) in [4.78, 5) is 26.9. The Kier molecular flexibility index (Phi) is 3.86. The van der Waals surface area contributed by atoms with E-state index in [-0.39, 0.29) is 29.2 Å². The molecule has 0 bridgehead atoms. The van der Waals surface area contributed by atoms with Crippen molar-refractivity contribution in [2.45, 2.75) is 56.9 Å². The Labute approximate surface area is 143 Å². The van der Waals surface area contributed by atoms with E-state index < -0.39 is 0 Å². The van der Waals surface area contributed by atoms with Crippen molar-refractivity contribution in [1.29, 1.82) is 0 Å². The average Bonchev–Trinajstić information content (AvgIpc) is 3.51. The molecule has 1 atom stereocenters. The zero-order valence-electron chi connectivity index (χ0n) is 14.4. The van der Waals surface area contributed by atoms with Gasteiger partial charge in [-0.1, -0.05) is 24.3 Å². The zero-order chi connectivity index (χ0) is 16.7. The number of nitrogens with one attached hydrogen (secondary N) is 1. The maximum atomic E-state index is 12.7. The smallest absolute Gasteiger partial charge is 0.242 e. The number of carbonyl (C=O) groups is 2. The van der Waals surface area contributed by atoms with Crippen LogP contribution < -0.4 is 5.32 Å². The van der Waals surface area contributed by atoms with Crippen molar-refractivity contribution < 1.29 is 9.59 Å². The van der Waals surface area contributed by atoms with E-state index in [1.54, 1.807) is 0 Å². The predicted octanol–water partition coefficient (Wildman–Crippen LogP) is 2.54. The summed E-state index contributed by atoms with van der Waals surface area (Å²) in [7, 11) is 0. The summed E-state index contributed by atoms with van der Waals surface area (Å²) >= 11 is 0. The molecule has 0 unspecified atom stereocenters. The van der Waals surface area contributed by atoms with Crippen molar-refractivity contribution in [3.63, 3.8) is 0 Å². The van der Waals surface area contributed by atoms with E-state index in [0.29, 0.717) is 6.54 Å². The monoisotopic (exact) mass is 326 g/mol. The van der Waals surface area contributed by atoms with Crippen molar-refractivity contribution in [3.05, 3.63) is 35.4 Å². The second kappa shape index (κ2) is 5.91. The van der Waals surface area contributed by atoms with Crippen molar-refractivity contribution in [3.8, 4) is 0 Å². The summed E-state index contributed by atoms with van der Waals surface area (Å²) in [5.41, 5.74) is 2.78. The SMILES string of the molecule is Cc1ccccc1C1(CNC(=O)[C@@H]2CCCN2C(=O)C2CC2)CC1. The van der Waals surface area contributed by atoms with Gasteiger partial charge in [0.15, 0.2) is 0 Å². The number of nitrogens with zero attached hydrogens (tertiary/aromatic N) is 1. The van der Waals surface area contributed by atoms with Crippen molar-refractivity contribution in [1.82, 2.24) is 10.2 Å². The van der Waals surface area contributed by atoms with Crippen LogP contribution in [0.4, 0.5) is 0 Å². The first-order chi connectivity index (χ1) is 11.6. The van der Waals surface area contributed by atoms with Gasteiger partial charge in [-0.15, -0.1) is 0 Å². The lowest BCUT2D eigenvalue weighted by atomic mass is 9.92. The van der Waals surface area contributed by atoms with Crippen LogP contribution in [-0.2, 0) is 15.0 Å². The topological polar surface area (TPSA) is 49.4 Å². The normalized spacial score (nSPS) is 24.7. The average molecular weight is 326 g/mol. The Morgan fingerprint density at radius 3 is 2.62 bits per heavy atom. The van der Waals surface area contributed by atoms with Gasteiger partial charge in [-0.2, -0.15) is 0 Å². The van der Waals surface area contributed by atoms with Gasteiger partial charge in [0.2, 0.25) is 11.8 Å². The summed E-state index contributed by atoms with van der Waals surface area (Å²) in [5, 5.41) is 3.16. The van der Waals surface area contributed by atoms with Crippen LogP contribution in [0.3, 0.4) is 0 Å². The molecule has 1 aliphatic heterocycles. The van der Waals surface area contributed by atoms with Gasteiger partial charge in [0, 0.05) is 24.4 Å². The number of hydrogen-bond acceptors (Lipinski definition) is 2. The summed E-state index contributed by atoms with van der Waals surface area (Å²) in [5.74, 6) is 0.439. The molecule has 4 nitrogen and oxygen atoms in total. The fraction of sp³-hybridized carbons (Fsp3) is 0.600. The van der Waals surface area contributed by atoms with E-state index >= 15 is 0 Å². The molecule has 2 aliphatic carbocycles. The molecule has 1 heterocycles. The minimum Gasteiger partial charge on any atom is -0.353 e. The molecule has 0 aromatic heterocycles. The summed E-state index contributed by atoms with van der Waals surface area (Å²) in [6.07, 6.45) is 6.02. The number of amides is 2. The molecule has 3 aliphatic rings. The summed E-state index contributed by atoms with van der Waals surface area (Å²) in [6, 6.07) is 8.23. The molecular weight excluding hydrogens is 300 g/mol. The molecular formula is C20H26N2O2. The lowest BCUT2D eigenvalue weighted by Crippen LogP contribution is -2.48. The second-order valence-corrected chi connectivity index (χ2v) is 7.78. The highest BCUT2D eigenvalue weighted by molar-refractivity contribution is 5.90. The maximum Gasteiger partial charge on any atom is 0.242 e. The van der Waals surface area contributed by atoms with Gasteiger partial charge in [0.05, 0.1) is 0 Å². The van der Waals surface area contributed by atoms with Crippen molar-refractivity contribution in [2.24, 2.45) is 5.92 Å². The first-order valence-corrected chi connectivity index (χ1v) is 9.25. The van der Waals surface area contributed by atoms with Gasteiger partial charge in [-0.05, 0) is 56.6 Å². The lowest BCUT2D eigenvalue weighted by Gasteiger charge is -2.25. The molecule has 4 heteroatoms. The predicted molar refractivity (Wildman–Crippen MR) is 92.6 cm³/mol. The van der Waals surface area contributed by atoms with Gasteiger partial charge >= 0.3 is 0 Å². The minimum absolute atomic E-state index is 0.0429. The van der Waals surface area contributed by atoms with Crippen LogP contribution in [0.25, 0.3) is 0 Å². The van der Waals surface area contributed by atoms with E-state index in [1.165, 1.54) is 11.1 Å². The molecule has 3 fully saturated rings. The van der Waals surface area contributed by atoms with Gasteiger partial charge in [-0.25, -0.2) is 0 Å². The van der Waals surface area contributed by atoms with Crippen molar-refractivity contribution in [2.75, 3.05) is 13.1 Å². The van der Waals surface area contributed by atoms with Gasteiger partial charge in [-0.3, -0.25) is 9.59 Å². The number of benzene rings is 1. The van der Waals surface area contributed by atoms with E-state index in [1.807, 2.05) is 4.90 Å². The molecule has 2 saturated carbocycles. The minimum atomic E-state index is -0.245. The lowest BCUT2D eigenvalue weighted by molar-refractivity contribution is -0.139. The number of carbonyl (C=O) groups excluding carboxylic acids is 2. The highest BCUT2D eigenvalue weighted by Gasteiger charge is 2.46. The Balaban J connectivity index is 1.40. The number of aryl methyl sites for hydroxylation is 1. The van der Waals surface area contributed by atoms with Gasteiger partial charge in [0.1, 0.15) is 6.04 Å². The molecule has 1 aromatic carbocycles. The standard InChI is InChI=1S/C20H26N2O2/c1-14-5-2-3-6-16(14)20(10-11-20)13-21-18(23)17-7-4-12-22(17)19(24)15-8-9-15/h2-3,5-6,15,17H,4,7-13H2,1H3,(H,21,23)/t17-/m0/s1. The molecule has 1 saturated heterocycles. The number of likely N-dealkylation sites (tertiary alicyclic amines) is 1. The summed E-state index contributed by atoms with van der Waals surface area (Å²) < 4.78 is 0. The number of rotatable bonds is 5. The van der Waals surface area contributed by atoms with Crippen LogP contribution in [-0.4, -0.2) is 35.8 Å². The number of hydrogen-bond donors (Lipinski definition) is 1. The maximum absolute atomic E-state index is 12.7. The van der Waals surface area contributed by atoms with E-state index in [0.717, 1.165) is 45.1 Å². The quantitative estimate of drug-likeness (QED) is 0.904. The zero-order valence-corrected chi connectivity index (χ0v) is 14.4. The molecule has 0 radical (unpaired) electrons. The third kappa shape index (κ3) is 2.83. The van der Waals surface area contributed by atoms with Crippen LogP contribution in [0, 0.1) is 12.8 Å². The second-order valence-electron chi connectivity index (χ2n) is 7.78. The van der Waals surface area contributed by atoms with Crippen LogP contribution in [0.2, 0.25) is 0 Å². The van der Waals surface area contributed by atoms with Crippen LogP contribution in [0.15, 0.2) is 24.3 Å². The Morgan fingerprint density at radius 1 is 1.21 bits per heavy atom. The molecule has 1 N–H and O–H groups in total. The summed E-state index contributed by atoms with van der Waals surface area (Å²) in [6.45, 7) is 3.58. The molecule has 4 rings (SSSR count). The Bertz CT molecular complexity index is 661.